The summed E-state index contributed by atoms with van der Waals surface area (Å²) >= 11 is 0. The second-order valence-corrected chi connectivity index (χ2v) is 4.49. The van der Waals surface area contributed by atoms with E-state index >= 15 is 0 Å². The van der Waals surface area contributed by atoms with Crippen LogP contribution >= 0.6 is 0 Å². The minimum Gasteiger partial charge on any atom is -0.379 e. The van der Waals surface area contributed by atoms with Gasteiger partial charge in [-0.15, -0.1) is 6.58 Å². The van der Waals surface area contributed by atoms with Gasteiger partial charge in [-0.25, -0.2) is 0 Å². The molecule has 1 unspecified atom stereocenters. The van der Waals surface area contributed by atoms with Crippen LogP contribution in [0, 0.1) is 5.92 Å². The minimum atomic E-state index is 0.276. The van der Waals surface area contributed by atoms with Crippen molar-refractivity contribution < 1.29 is 9.53 Å². The molecule has 0 aromatic heterocycles. The molecule has 1 atom stereocenters. The van der Waals surface area contributed by atoms with Gasteiger partial charge in [0.2, 0.25) is 5.91 Å². The molecule has 0 N–H and O–H groups in total. The van der Waals surface area contributed by atoms with E-state index in [1.54, 1.807) is 0 Å². The summed E-state index contributed by atoms with van der Waals surface area (Å²) in [5.41, 5.74) is 0. The van der Waals surface area contributed by atoms with Gasteiger partial charge in [0.15, 0.2) is 0 Å². The van der Waals surface area contributed by atoms with Gasteiger partial charge >= 0.3 is 0 Å². The Kier molecular flexibility index (Phi) is 3.96. The van der Waals surface area contributed by atoms with Crippen LogP contribution in [-0.4, -0.2) is 61.6 Å². The molecular formula is C12H20N2O2. The zero-order chi connectivity index (χ0) is 11.4. The van der Waals surface area contributed by atoms with Crippen molar-refractivity contribution in [2.75, 3.05) is 45.9 Å². The number of rotatable bonds is 4. The van der Waals surface area contributed by atoms with Gasteiger partial charge in [-0.05, 0) is 0 Å². The molecule has 2 aliphatic rings. The third-order valence-corrected chi connectivity index (χ3v) is 3.37. The summed E-state index contributed by atoms with van der Waals surface area (Å²) in [6.45, 7) is 10.1. The van der Waals surface area contributed by atoms with Gasteiger partial charge in [-0.2, -0.15) is 0 Å². The molecule has 90 valence electrons. The maximum absolute atomic E-state index is 11.7. The van der Waals surface area contributed by atoms with Crippen LogP contribution in [0.1, 0.15) is 6.42 Å². The molecule has 1 amide bonds. The number of hydrogen-bond acceptors (Lipinski definition) is 3. The molecule has 2 saturated heterocycles. The van der Waals surface area contributed by atoms with Gasteiger partial charge in [0.05, 0.1) is 13.2 Å². The predicted octanol–water partition coefficient (Wildman–Crippen LogP) is 0.353. The summed E-state index contributed by atoms with van der Waals surface area (Å²) in [5, 5.41) is 0. The van der Waals surface area contributed by atoms with Crippen LogP contribution < -0.4 is 0 Å². The number of amides is 1. The first-order chi connectivity index (χ1) is 7.79. The summed E-state index contributed by atoms with van der Waals surface area (Å²) in [5.74, 6) is 0.635. The normalized spacial score (nSPS) is 27.4. The van der Waals surface area contributed by atoms with Crippen LogP contribution in [0.25, 0.3) is 0 Å². The Morgan fingerprint density at radius 1 is 1.38 bits per heavy atom. The van der Waals surface area contributed by atoms with Crippen LogP contribution in [0.2, 0.25) is 0 Å². The lowest BCUT2D eigenvalue weighted by Crippen LogP contribution is -2.41. The van der Waals surface area contributed by atoms with Crippen LogP contribution in [0.4, 0.5) is 0 Å². The molecule has 0 aromatic rings. The molecular weight excluding hydrogens is 204 g/mol. The molecule has 4 heteroatoms. The van der Waals surface area contributed by atoms with Crippen LogP contribution in [0.15, 0.2) is 12.7 Å². The van der Waals surface area contributed by atoms with Crippen molar-refractivity contribution in [2.45, 2.75) is 6.42 Å². The highest BCUT2D eigenvalue weighted by Crippen LogP contribution is 2.17. The van der Waals surface area contributed by atoms with Crippen LogP contribution in [0.5, 0.6) is 0 Å². The highest BCUT2D eigenvalue weighted by molar-refractivity contribution is 5.78. The van der Waals surface area contributed by atoms with E-state index in [0.29, 0.717) is 12.3 Å². The molecule has 4 nitrogen and oxygen atoms in total. The number of likely N-dealkylation sites (tertiary alicyclic amines) is 1. The van der Waals surface area contributed by atoms with E-state index in [0.717, 1.165) is 45.9 Å². The summed E-state index contributed by atoms with van der Waals surface area (Å²) in [6.07, 6.45) is 2.54. The highest BCUT2D eigenvalue weighted by Gasteiger charge is 2.27. The fraction of sp³-hybridized carbons (Fsp3) is 0.750. The smallest absolute Gasteiger partial charge is 0.223 e. The Bertz CT molecular complexity index is 262. The molecule has 0 bridgehead atoms. The predicted molar refractivity (Wildman–Crippen MR) is 62.1 cm³/mol. The fourth-order valence-electron chi connectivity index (χ4n) is 2.26. The first-order valence-electron chi connectivity index (χ1n) is 6.00. The largest absolute Gasteiger partial charge is 0.379 e. The SMILES string of the molecule is C=CC1CC(=O)N(CCN2CCOCC2)C1. The van der Waals surface area contributed by atoms with Crippen molar-refractivity contribution in [2.24, 2.45) is 5.92 Å². The minimum absolute atomic E-state index is 0.276. The lowest BCUT2D eigenvalue weighted by Gasteiger charge is -2.28. The zero-order valence-electron chi connectivity index (χ0n) is 9.73. The number of carbonyl (C=O) groups excluding carboxylic acids is 1. The van der Waals surface area contributed by atoms with Crippen LogP contribution in [0.3, 0.4) is 0 Å². The van der Waals surface area contributed by atoms with Gasteiger partial charge < -0.3 is 9.64 Å². The first-order valence-corrected chi connectivity index (χ1v) is 6.00. The number of nitrogens with zero attached hydrogens (tertiary/aromatic N) is 2. The summed E-state index contributed by atoms with van der Waals surface area (Å²) in [4.78, 5) is 16.0. The van der Waals surface area contributed by atoms with Gasteiger partial charge in [0, 0.05) is 45.1 Å². The average Bonchev–Trinajstić information content (AvgIpc) is 2.69. The second-order valence-electron chi connectivity index (χ2n) is 4.49. The van der Waals surface area contributed by atoms with Crippen molar-refractivity contribution in [3.63, 3.8) is 0 Å². The van der Waals surface area contributed by atoms with Gasteiger partial charge in [0.1, 0.15) is 0 Å². The van der Waals surface area contributed by atoms with Crippen LogP contribution in [-0.2, 0) is 9.53 Å². The Morgan fingerprint density at radius 2 is 2.12 bits per heavy atom. The molecule has 2 rings (SSSR count). The maximum atomic E-state index is 11.7. The molecule has 2 aliphatic heterocycles. The lowest BCUT2D eigenvalue weighted by molar-refractivity contribution is -0.128. The standard InChI is InChI=1S/C12H20N2O2/c1-2-11-9-12(15)14(10-11)4-3-13-5-7-16-8-6-13/h2,11H,1,3-10H2. The number of hydrogen-bond donors (Lipinski definition) is 0. The summed E-state index contributed by atoms with van der Waals surface area (Å²) in [6, 6.07) is 0. The molecule has 0 spiro atoms. The molecule has 0 aromatic carbocycles. The van der Waals surface area contributed by atoms with E-state index in [1.165, 1.54) is 0 Å². The molecule has 16 heavy (non-hydrogen) atoms. The summed E-state index contributed by atoms with van der Waals surface area (Å²) < 4.78 is 5.29. The van der Waals surface area contributed by atoms with Crippen molar-refractivity contribution >= 4 is 5.91 Å². The molecule has 0 radical (unpaired) electrons. The summed E-state index contributed by atoms with van der Waals surface area (Å²) in [7, 11) is 0. The monoisotopic (exact) mass is 224 g/mol. The van der Waals surface area contributed by atoms with E-state index in [2.05, 4.69) is 11.5 Å². The third kappa shape index (κ3) is 2.83. The van der Waals surface area contributed by atoms with Crippen molar-refractivity contribution in [1.29, 1.82) is 0 Å². The number of ether oxygens (including phenoxy) is 1. The average molecular weight is 224 g/mol. The van der Waals surface area contributed by atoms with Crippen molar-refractivity contribution in [3.05, 3.63) is 12.7 Å². The second kappa shape index (κ2) is 5.46. The quantitative estimate of drug-likeness (QED) is 0.646. The molecule has 0 aliphatic carbocycles. The highest BCUT2D eigenvalue weighted by atomic mass is 16.5. The number of morpholine rings is 1. The first kappa shape index (κ1) is 11.6. The van der Waals surface area contributed by atoms with E-state index in [9.17, 15) is 4.79 Å². The van der Waals surface area contributed by atoms with Gasteiger partial charge in [-0.3, -0.25) is 9.69 Å². The molecule has 2 heterocycles. The Hall–Kier alpha value is -0.870. The van der Waals surface area contributed by atoms with Crippen molar-refractivity contribution in [3.8, 4) is 0 Å². The third-order valence-electron chi connectivity index (χ3n) is 3.37. The van der Waals surface area contributed by atoms with E-state index in [1.807, 2.05) is 11.0 Å². The maximum Gasteiger partial charge on any atom is 0.223 e. The Balaban J connectivity index is 1.73. The Morgan fingerprint density at radius 3 is 2.75 bits per heavy atom. The van der Waals surface area contributed by atoms with E-state index < -0.39 is 0 Å². The van der Waals surface area contributed by atoms with Gasteiger partial charge in [-0.1, -0.05) is 6.08 Å². The fourth-order valence-corrected chi connectivity index (χ4v) is 2.26. The molecule has 0 saturated carbocycles. The van der Waals surface area contributed by atoms with E-state index in [-0.39, 0.29) is 5.91 Å². The lowest BCUT2D eigenvalue weighted by atomic mass is 10.1. The zero-order valence-corrected chi connectivity index (χ0v) is 9.73. The Labute approximate surface area is 96.8 Å². The topological polar surface area (TPSA) is 32.8 Å². The molecule has 2 fully saturated rings. The van der Waals surface area contributed by atoms with Crippen molar-refractivity contribution in [1.82, 2.24) is 9.80 Å². The number of carbonyl (C=O) groups is 1. The van der Waals surface area contributed by atoms with Gasteiger partial charge in [0.25, 0.3) is 0 Å². The van der Waals surface area contributed by atoms with E-state index in [4.69, 9.17) is 4.74 Å².